The molecule has 0 amide bonds. The number of rotatable bonds is 6. The molecule has 9 rings (SSSR count). The molecule has 0 bridgehead atoms. The standard InChI is InChI=1S/C46H31N5/c47-41-25-24-33-21-19-31-20-23-38(28-40(31)44(33)45(41)51-50-39-16-5-2-6-17-39)46-48-42(32-11-3-1-4-12-32)29-43(49-46)37-15-9-14-35(27-37)36-22-18-30-10-7-8-13-34(30)26-36/h1-29,47,50H/b47-41?,51-45+. The van der Waals surface area contributed by atoms with E-state index in [-0.39, 0.29) is 0 Å². The van der Waals surface area contributed by atoms with Gasteiger partial charge in [0.15, 0.2) is 5.82 Å². The molecule has 1 heterocycles. The quantitative estimate of drug-likeness (QED) is 0.175. The molecule has 1 aliphatic rings. The second-order valence-corrected chi connectivity index (χ2v) is 12.6. The highest BCUT2D eigenvalue weighted by Gasteiger charge is 2.21. The first-order valence-electron chi connectivity index (χ1n) is 16.9. The van der Waals surface area contributed by atoms with Gasteiger partial charge in [-0.05, 0) is 80.7 Å². The number of benzene rings is 7. The molecule has 0 saturated heterocycles. The first kappa shape index (κ1) is 30.1. The zero-order valence-corrected chi connectivity index (χ0v) is 27.6. The maximum absolute atomic E-state index is 8.82. The van der Waals surface area contributed by atoms with E-state index < -0.39 is 0 Å². The third-order valence-corrected chi connectivity index (χ3v) is 9.34. The molecule has 0 spiro atoms. The van der Waals surface area contributed by atoms with Crippen molar-refractivity contribution in [1.82, 2.24) is 9.97 Å². The van der Waals surface area contributed by atoms with E-state index in [0.29, 0.717) is 17.2 Å². The highest BCUT2D eigenvalue weighted by atomic mass is 15.3. The second-order valence-electron chi connectivity index (χ2n) is 12.6. The van der Waals surface area contributed by atoms with Crippen molar-refractivity contribution in [3.8, 4) is 45.0 Å². The van der Waals surface area contributed by atoms with Crippen molar-refractivity contribution in [1.29, 1.82) is 5.41 Å². The molecule has 2 N–H and O–H groups in total. The minimum atomic E-state index is 0.347. The molecule has 51 heavy (non-hydrogen) atoms. The summed E-state index contributed by atoms with van der Waals surface area (Å²) in [5.41, 5.74) is 13.8. The van der Waals surface area contributed by atoms with Gasteiger partial charge in [0.25, 0.3) is 0 Å². The summed E-state index contributed by atoms with van der Waals surface area (Å²) < 4.78 is 0. The molecule has 0 saturated carbocycles. The largest absolute Gasteiger partial charge is 0.299 e. The van der Waals surface area contributed by atoms with Gasteiger partial charge in [-0.25, -0.2) is 9.97 Å². The van der Waals surface area contributed by atoms with Gasteiger partial charge in [-0.3, -0.25) is 10.8 Å². The number of para-hydroxylation sites is 1. The molecule has 0 fully saturated rings. The predicted octanol–water partition coefficient (Wildman–Crippen LogP) is 11.3. The molecule has 0 radical (unpaired) electrons. The fourth-order valence-corrected chi connectivity index (χ4v) is 6.72. The number of fused-ring (bicyclic) bond motifs is 4. The number of hydrogen-bond donors (Lipinski definition) is 2. The van der Waals surface area contributed by atoms with Crippen molar-refractivity contribution >= 4 is 44.7 Å². The van der Waals surface area contributed by atoms with E-state index in [0.717, 1.165) is 66.8 Å². The zero-order valence-electron chi connectivity index (χ0n) is 27.6. The lowest BCUT2D eigenvalue weighted by Gasteiger charge is -2.18. The summed E-state index contributed by atoms with van der Waals surface area (Å²) in [6.07, 6.45) is 3.78. The molecule has 1 aliphatic carbocycles. The summed E-state index contributed by atoms with van der Waals surface area (Å²) >= 11 is 0. The summed E-state index contributed by atoms with van der Waals surface area (Å²) in [6, 6.07) is 56.3. The number of anilines is 1. The molecular weight excluding hydrogens is 623 g/mol. The zero-order chi connectivity index (χ0) is 34.1. The molecular formula is C46H31N5. The number of aromatic nitrogens is 2. The third-order valence-electron chi connectivity index (χ3n) is 9.34. The maximum Gasteiger partial charge on any atom is 0.160 e. The van der Waals surface area contributed by atoms with E-state index >= 15 is 0 Å². The van der Waals surface area contributed by atoms with Crippen LogP contribution in [0.15, 0.2) is 175 Å². The summed E-state index contributed by atoms with van der Waals surface area (Å²) in [6.45, 7) is 0. The van der Waals surface area contributed by atoms with Crippen molar-refractivity contribution in [2.24, 2.45) is 5.10 Å². The molecule has 0 atom stereocenters. The number of allylic oxidation sites excluding steroid dienone is 1. The first-order valence-corrected chi connectivity index (χ1v) is 16.9. The van der Waals surface area contributed by atoms with Gasteiger partial charge in [0.05, 0.1) is 22.8 Å². The normalized spacial score (nSPS) is 13.1. The minimum Gasteiger partial charge on any atom is -0.299 e. The van der Waals surface area contributed by atoms with E-state index in [4.69, 9.17) is 20.5 Å². The number of nitrogens with zero attached hydrogens (tertiary/aromatic N) is 3. The van der Waals surface area contributed by atoms with Crippen LogP contribution in [0.25, 0.3) is 72.7 Å². The van der Waals surface area contributed by atoms with Crippen molar-refractivity contribution in [3.63, 3.8) is 0 Å². The van der Waals surface area contributed by atoms with Crippen LogP contribution in [-0.2, 0) is 0 Å². The molecule has 1 aromatic heterocycles. The molecule has 8 aromatic rings. The Hall–Kier alpha value is -6.98. The fraction of sp³-hybridized carbons (Fsp3) is 0. The lowest BCUT2D eigenvalue weighted by Crippen LogP contribution is -2.19. The van der Waals surface area contributed by atoms with Crippen molar-refractivity contribution in [2.75, 3.05) is 5.43 Å². The van der Waals surface area contributed by atoms with Crippen LogP contribution >= 0.6 is 0 Å². The Morgan fingerprint density at radius 3 is 1.96 bits per heavy atom. The van der Waals surface area contributed by atoms with Gasteiger partial charge < -0.3 is 0 Å². The summed E-state index contributed by atoms with van der Waals surface area (Å²) in [5.74, 6) is 0.629. The molecule has 0 unspecified atom stereocenters. The Morgan fingerprint density at radius 1 is 0.471 bits per heavy atom. The van der Waals surface area contributed by atoms with Crippen LogP contribution in [0.5, 0.6) is 0 Å². The number of hydrazone groups is 1. The number of hydrogen-bond acceptors (Lipinski definition) is 5. The third kappa shape index (κ3) is 5.87. The monoisotopic (exact) mass is 653 g/mol. The molecule has 5 nitrogen and oxygen atoms in total. The van der Waals surface area contributed by atoms with Gasteiger partial charge in [0.2, 0.25) is 0 Å². The lowest BCUT2D eigenvalue weighted by atomic mass is 9.88. The highest BCUT2D eigenvalue weighted by molar-refractivity contribution is 6.55. The second kappa shape index (κ2) is 12.8. The Balaban J connectivity index is 1.18. The van der Waals surface area contributed by atoms with Crippen LogP contribution in [0.2, 0.25) is 0 Å². The van der Waals surface area contributed by atoms with Gasteiger partial charge >= 0.3 is 0 Å². The van der Waals surface area contributed by atoms with E-state index in [1.54, 1.807) is 6.08 Å². The topological polar surface area (TPSA) is 74.0 Å². The van der Waals surface area contributed by atoms with E-state index in [1.165, 1.54) is 10.8 Å². The minimum absolute atomic E-state index is 0.347. The van der Waals surface area contributed by atoms with Crippen LogP contribution in [0.1, 0.15) is 11.1 Å². The fourth-order valence-electron chi connectivity index (χ4n) is 6.72. The summed E-state index contributed by atoms with van der Waals surface area (Å²) in [4.78, 5) is 10.3. The van der Waals surface area contributed by atoms with Gasteiger partial charge in [0, 0.05) is 22.3 Å². The van der Waals surface area contributed by atoms with E-state index in [9.17, 15) is 0 Å². The van der Waals surface area contributed by atoms with E-state index in [2.05, 4.69) is 121 Å². The number of nitrogens with one attached hydrogen (secondary N) is 2. The SMILES string of the molecule is N=C1C=Cc2ccc3ccc(-c4nc(-c5ccccc5)cc(-c5cccc(-c6ccc7ccccc7c6)c5)n4)cc3c2/C1=N/Nc1ccccc1. The summed E-state index contributed by atoms with van der Waals surface area (Å²) in [7, 11) is 0. The van der Waals surface area contributed by atoms with Gasteiger partial charge in [-0.15, -0.1) is 0 Å². The van der Waals surface area contributed by atoms with Gasteiger partial charge in [-0.2, -0.15) is 5.10 Å². The van der Waals surface area contributed by atoms with Crippen LogP contribution < -0.4 is 5.43 Å². The smallest absolute Gasteiger partial charge is 0.160 e. The first-order chi connectivity index (χ1) is 25.2. The Labute approximate surface area is 295 Å². The van der Waals surface area contributed by atoms with E-state index in [1.807, 2.05) is 54.6 Å². The Kier molecular flexibility index (Phi) is 7.56. The van der Waals surface area contributed by atoms with Crippen LogP contribution in [0.3, 0.4) is 0 Å². The average molecular weight is 654 g/mol. The molecule has 5 heteroatoms. The summed E-state index contributed by atoms with van der Waals surface area (Å²) in [5, 5.41) is 18.0. The van der Waals surface area contributed by atoms with Crippen molar-refractivity contribution < 1.29 is 0 Å². The van der Waals surface area contributed by atoms with Gasteiger partial charge in [0.1, 0.15) is 5.71 Å². The van der Waals surface area contributed by atoms with Crippen LogP contribution in [0, 0.1) is 5.41 Å². The van der Waals surface area contributed by atoms with Crippen molar-refractivity contribution in [3.05, 3.63) is 181 Å². The maximum atomic E-state index is 8.82. The molecule has 240 valence electrons. The molecule has 7 aromatic carbocycles. The highest BCUT2D eigenvalue weighted by Crippen LogP contribution is 2.34. The van der Waals surface area contributed by atoms with Crippen LogP contribution in [0.4, 0.5) is 5.69 Å². The van der Waals surface area contributed by atoms with Crippen LogP contribution in [-0.4, -0.2) is 21.4 Å². The Bertz CT molecular complexity index is 2680. The lowest BCUT2D eigenvalue weighted by molar-refractivity contribution is 1.18. The average Bonchev–Trinajstić information content (AvgIpc) is 3.20. The van der Waals surface area contributed by atoms with Gasteiger partial charge in [-0.1, -0.05) is 133 Å². The molecule has 0 aliphatic heterocycles. The van der Waals surface area contributed by atoms with Crippen molar-refractivity contribution in [2.45, 2.75) is 0 Å². The Morgan fingerprint density at radius 2 is 1.12 bits per heavy atom. The predicted molar refractivity (Wildman–Crippen MR) is 212 cm³/mol.